The van der Waals surface area contributed by atoms with Crippen molar-refractivity contribution in [3.05, 3.63) is 48.0 Å². The SMILES string of the molecule is CC(N)CCCNCCc1cccc2ccccc12. The van der Waals surface area contributed by atoms with E-state index in [0.717, 1.165) is 32.4 Å². The number of nitrogens with two attached hydrogens (primary N) is 1. The Bertz CT molecular complexity index is 500. The summed E-state index contributed by atoms with van der Waals surface area (Å²) in [7, 11) is 0. The van der Waals surface area contributed by atoms with Crippen LogP contribution in [0.4, 0.5) is 0 Å². The van der Waals surface area contributed by atoms with E-state index >= 15 is 0 Å². The second-order valence-corrected chi connectivity index (χ2v) is 5.26. The topological polar surface area (TPSA) is 38.0 Å². The molecule has 0 fully saturated rings. The molecule has 3 N–H and O–H groups in total. The molecular formula is C17H24N2. The van der Waals surface area contributed by atoms with Crippen molar-refractivity contribution in [2.45, 2.75) is 32.2 Å². The highest BCUT2D eigenvalue weighted by Gasteiger charge is 2.00. The molecule has 0 saturated heterocycles. The maximum Gasteiger partial charge on any atom is 0.00109 e. The summed E-state index contributed by atoms with van der Waals surface area (Å²) >= 11 is 0. The Morgan fingerprint density at radius 1 is 1.05 bits per heavy atom. The molecule has 2 aromatic carbocycles. The highest BCUT2D eigenvalue weighted by molar-refractivity contribution is 5.85. The molecular weight excluding hydrogens is 232 g/mol. The number of hydrogen-bond acceptors (Lipinski definition) is 2. The van der Waals surface area contributed by atoms with Crippen LogP contribution in [0.5, 0.6) is 0 Å². The molecule has 0 radical (unpaired) electrons. The molecule has 2 heteroatoms. The van der Waals surface area contributed by atoms with Crippen molar-refractivity contribution in [1.29, 1.82) is 0 Å². The summed E-state index contributed by atoms with van der Waals surface area (Å²) in [5, 5.41) is 6.21. The van der Waals surface area contributed by atoms with Gasteiger partial charge in [-0.15, -0.1) is 0 Å². The Morgan fingerprint density at radius 2 is 1.84 bits per heavy atom. The lowest BCUT2D eigenvalue weighted by atomic mass is 10.0. The minimum absolute atomic E-state index is 0.319. The maximum atomic E-state index is 5.73. The molecule has 1 atom stereocenters. The predicted octanol–water partition coefficient (Wildman–Crippen LogP) is 3.10. The Kier molecular flexibility index (Phi) is 5.37. The first-order valence-electron chi connectivity index (χ1n) is 7.20. The summed E-state index contributed by atoms with van der Waals surface area (Å²) in [6.45, 7) is 4.16. The van der Waals surface area contributed by atoms with Gasteiger partial charge in [-0.2, -0.15) is 0 Å². The summed E-state index contributed by atoms with van der Waals surface area (Å²) < 4.78 is 0. The Labute approximate surface area is 116 Å². The zero-order valence-electron chi connectivity index (χ0n) is 11.7. The van der Waals surface area contributed by atoms with Gasteiger partial charge >= 0.3 is 0 Å². The van der Waals surface area contributed by atoms with Gasteiger partial charge in [0, 0.05) is 6.04 Å². The van der Waals surface area contributed by atoms with E-state index in [9.17, 15) is 0 Å². The zero-order chi connectivity index (χ0) is 13.5. The van der Waals surface area contributed by atoms with Crippen molar-refractivity contribution < 1.29 is 0 Å². The van der Waals surface area contributed by atoms with E-state index in [4.69, 9.17) is 5.73 Å². The van der Waals surface area contributed by atoms with Gasteiger partial charge in [-0.05, 0) is 55.6 Å². The minimum Gasteiger partial charge on any atom is -0.328 e. The summed E-state index contributed by atoms with van der Waals surface area (Å²) in [6, 6.07) is 15.5. The molecule has 0 aliphatic heterocycles. The molecule has 2 nitrogen and oxygen atoms in total. The highest BCUT2D eigenvalue weighted by atomic mass is 14.8. The van der Waals surface area contributed by atoms with Crippen LogP contribution in [0.15, 0.2) is 42.5 Å². The molecule has 1 unspecified atom stereocenters. The first kappa shape index (κ1) is 14.0. The van der Waals surface area contributed by atoms with Crippen molar-refractivity contribution >= 4 is 10.8 Å². The summed E-state index contributed by atoms with van der Waals surface area (Å²) in [5.74, 6) is 0. The summed E-state index contributed by atoms with van der Waals surface area (Å²) in [6.07, 6.45) is 3.34. The van der Waals surface area contributed by atoms with Crippen molar-refractivity contribution in [2.75, 3.05) is 13.1 Å². The van der Waals surface area contributed by atoms with Gasteiger partial charge < -0.3 is 11.1 Å². The molecule has 2 rings (SSSR count). The third kappa shape index (κ3) is 4.34. The van der Waals surface area contributed by atoms with E-state index in [2.05, 4.69) is 54.7 Å². The number of hydrogen-bond donors (Lipinski definition) is 2. The molecule has 19 heavy (non-hydrogen) atoms. The third-order valence-electron chi connectivity index (χ3n) is 3.46. The van der Waals surface area contributed by atoms with E-state index in [1.54, 1.807) is 0 Å². The summed E-state index contributed by atoms with van der Waals surface area (Å²) in [4.78, 5) is 0. The van der Waals surface area contributed by atoms with Crippen LogP contribution in [0.1, 0.15) is 25.3 Å². The Balaban J connectivity index is 1.82. The fourth-order valence-corrected chi connectivity index (χ4v) is 2.41. The van der Waals surface area contributed by atoms with E-state index < -0.39 is 0 Å². The lowest BCUT2D eigenvalue weighted by Crippen LogP contribution is -2.21. The molecule has 2 aromatic rings. The van der Waals surface area contributed by atoms with Gasteiger partial charge in [0.2, 0.25) is 0 Å². The second-order valence-electron chi connectivity index (χ2n) is 5.26. The van der Waals surface area contributed by atoms with Crippen LogP contribution in [0.2, 0.25) is 0 Å². The predicted molar refractivity (Wildman–Crippen MR) is 83.4 cm³/mol. The largest absolute Gasteiger partial charge is 0.328 e. The van der Waals surface area contributed by atoms with Crippen molar-refractivity contribution in [3.8, 4) is 0 Å². The van der Waals surface area contributed by atoms with Gasteiger partial charge in [0.1, 0.15) is 0 Å². The highest BCUT2D eigenvalue weighted by Crippen LogP contribution is 2.18. The standard InChI is InChI=1S/C17H24N2/c1-14(18)6-5-12-19-13-11-16-9-4-8-15-7-2-3-10-17(15)16/h2-4,7-10,14,19H,5-6,11-13,18H2,1H3. The molecule has 0 bridgehead atoms. The monoisotopic (exact) mass is 256 g/mol. The fraction of sp³-hybridized carbons (Fsp3) is 0.412. The average Bonchev–Trinajstić information content (AvgIpc) is 2.42. The smallest absolute Gasteiger partial charge is 0.00109 e. The summed E-state index contributed by atoms with van der Waals surface area (Å²) in [5.41, 5.74) is 7.16. The third-order valence-corrected chi connectivity index (χ3v) is 3.46. The molecule has 0 amide bonds. The van der Waals surface area contributed by atoms with E-state index in [1.807, 2.05) is 0 Å². The molecule has 0 aromatic heterocycles. The normalized spacial score (nSPS) is 12.7. The number of rotatable bonds is 7. The molecule has 102 valence electrons. The van der Waals surface area contributed by atoms with Crippen LogP contribution in [0.25, 0.3) is 10.8 Å². The fourth-order valence-electron chi connectivity index (χ4n) is 2.41. The second kappa shape index (κ2) is 7.27. The van der Waals surface area contributed by atoms with Gasteiger partial charge in [0.05, 0.1) is 0 Å². The lowest BCUT2D eigenvalue weighted by molar-refractivity contribution is 0.576. The number of benzene rings is 2. The first-order chi connectivity index (χ1) is 9.27. The number of nitrogens with one attached hydrogen (secondary N) is 1. The maximum absolute atomic E-state index is 5.73. The van der Waals surface area contributed by atoms with E-state index in [-0.39, 0.29) is 0 Å². The van der Waals surface area contributed by atoms with E-state index in [0.29, 0.717) is 6.04 Å². The Hall–Kier alpha value is -1.38. The molecule has 0 saturated carbocycles. The van der Waals surface area contributed by atoms with Crippen LogP contribution in [0, 0.1) is 0 Å². The Morgan fingerprint density at radius 3 is 2.68 bits per heavy atom. The van der Waals surface area contributed by atoms with Crippen molar-refractivity contribution in [2.24, 2.45) is 5.73 Å². The van der Waals surface area contributed by atoms with Crippen LogP contribution >= 0.6 is 0 Å². The lowest BCUT2D eigenvalue weighted by Gasteiger charge is -2.08. The van der Waals surface area contributed by atoms with Crippen LogP contribution in [-0.2, 0) is 6.42 Å². The minimum atomic E-state index is 0.319. The van der Waals surface area contributed by atoms with Gasteiger partial charge in [0.25, 0.3) is 0 Å². The molecule has 0 aliphatic carbocycles. The van der Waals surface area contributed by atoms with Gasteiger partial charge in [-0.25, -0.2) is 0 Å². The van der Waals surface area contributed by atoms with Gasteiger partial charge in [0.15, 0.2) is 0 Å². The quantitative estimate of drug-likeness (QED) is 0.747. The molecule has 0 spiro atoms. The molecule has 0 aliphatic rings. The molecule has 0 heterocycles. The van der Waals surface area contributed by atoms with Crippen LogP contribution < -0.4 is 11.1 Å². The van der Waals surface area contributed by atoms with E-state index in [1.165, 1.54) is 16.3 Å². The number of fused-ring (bicyclic) bond motifs is 1. The van der Waals surface area contributed by atoms with Crippen LogP contribution in [0.3, 0.4) is 0 Å². The van der Waals surface area contributed by atoms with Gasteiger partial charge in [-0.3, -0.25) is 0 Å². The zero-order valence-corrected chi connectivity index (χ0v) is 11.7. The van der Waals surface area contributed by atoms with Crippen molar-refractivity contribution in [1.82, 2.24) is 5.32 Å². The first-order valence-corrected chi connectivity index (χ1v) is 7.20. The van der Waals surface area contributed by atoms with Crippen molar-refractivity contribution in [3.63, 3.8) is 0 Å². The van der Waals surface area contributed by atoms with Gasteiger partial charge in [-0.1, -0.05) is 42.5 Å². The van der Waals surface area contributed by atoms with Crippen LogP contribution in [-0.4, -0.2) is 19.1 Å². The average molecular weight is 256 g/mol.